The number of ether oxygens (including phenoxy) is 2. The minimum atomic E-state index is -4.02. The topological polar surface area (TPSA) is 133 Å². The van der Waals surface area contributed by atoms with Crippen molar-refractivity contribution in [3.05, 3.63) is 42.2 Å². The Hall–Kier alpha value is -2.63. The predicted octanol–water partition coefficient (Wildman–Crippen LogP) is 3.17. The van der Waals surface area contributed by atoms with E-state index in [1.807, 2.05) is 18.2 Å². The molecular formula is C20H23FN5O6P. The Morgan fingerprint density at radius 1 is 1.33 bits per heavy atom. The van der Waals surface area contributed by atoms with Gasteiger partial charge in [-0.05, 0) is 19.4 Å². The van der Waals surface area contributed by atoms with E-state index < -0.39 is 31.9 Å². The third-order valence-electron chi connectivity index (χ3n) is 5.49. The number of hydrogen-bond acceptors (Lipinski definition) is 10. The highest BCUT2D eigenvalue weighted by Crippen LogP contribution is 2.60. The fraction of sp³-hybridized carbons (Fsp3) is 0.450. The van der Waals surface area contributed by atoms with Gasteiger partial charge in [-0.25, -0.2) is 13.9 Å². The molecule has 2 N–H and O–H groups in total. The van der Waals surface area contributed by atoms with Crippen LogP contribution < -0.4 is 10.5 Å². The second-order valence-electron chi connectivity index (χ2n) is 7.85. The fourth-order valence-electron chi connectivity index (χ4n) is 3.95. The standard InChI is InChI=1S/C20H23FN5O6P/c1-3-28-17-14-16(24-19(22)25-17)26(11-23-14)18-20(2,21)15-13(31-18)10-30-33(27,32-15)29-9-12-7-5-4-6-8-12/h4-8,11,13,15,18H,3,9-10H2,1-2H3,(H2,22,24,25)/t13-,15-,18-,20-,33?/m1/s1. The van der Waals surface area contributed by atoms with Gasteiger partial charge in [0.05, 0.1) is 26.1 Å². The molecule has 2 aliphatic rings. The van der Waals surface area contributed by atoms with Crippen LogP contribution in [0.2, 0.25) is 0 Å². The van der Waals surface area contributed by atoms with E-state index in [4.69, 9.17) is 28.8 Å². The van der Waals surface area contributed by atoms with Gasteiger partial charge in [-0.1, -0.05) is 30.3 Å². The summed E-state index contributed by atoms with van der Waals surface area (Å²) in [4.78, 5) is 12.5. The zero-order chi connectivity index (χ0) is 23.2. The van der Waals surface area contributed by atoms with E-state index in [0.717, 1.165) is 5.56 Å². The second-order valence-corrected chi connectivity index (χ2v) is 9.47. The van der Waals surface area contributed by atoms with Crippen molar-refractivity contribution in [2.75, 3.05) is 18.9 Å². The number of halogens is 1. The number of nitrogens with two attached hydrogens (primary N) is 1. The molecule has 3 aromatic rings. The number of fused-ring (bicyclic) bond motifs is 2. The highest BCUT2D eigenvalue weighted by atomic mass is 31.2. The van der Waals surface area contributed by atoms with Crippen LogP contribution in [0.1, 0.15) is 25.6 Å². The van der Waals surface area contributed by atoms with E-state index in [1.165, 1.54) is 17.8 Å². The summed E-state index contributed by atoms with van der Waals surface area (Å²) >= 11 is 0. The van der Waals surface area contributed by atoms with Gasteiger partial charge in [-0.2, -0.15) is 9.97 Å². The Bertz CT molecular complexity index is 1210. The maximum Gasteiger partial charge on any atom is 0.475 e. The van der Waals surface area contributed by atoms with Crippen LogP contribution in [0.4, 0.5) is 10.3 Å². The molecule has 1 aromatic carbocycles. The molecule has 33 heavy (non-hydrogen) atoms. The summed E-state index contributed by atoms with van der Waals surface area (Å²) < 4.78 is 58.3. The largest absolute Gasteiger partial charge is 0.476 e. The van der Waals surface area contributed by atoms with Crippen LogP contribution in [0.3, 0.4) is 0 Å². The molecule has 0 spiro atoms. The van der Waals surface area contributed by atoms with Gasteiger partial charge >= 0.3 is 7.82 Å². The summed E-state index contributed by atoms with van der Waals surface area (Å²) in [5.41, 5.74) is 5.01. The van der Waals surface area contributed by atoms with Crippen LogP contribution in [-0.4, -0.2) is 50.6 Å². The Kier molecular flexibility index (Phi) is 5.58. The van der Waals surface area contributed by atoms with E-state index in [0.29, 0.717) is 12.1 Å². The van der Waals surface area contributed by atoms with Gasteiger partial charge < -0.3 is 15.2 Å². The van der Waals surface area contributed by atoms with Gasteiger partial charge in [0.25, 0.3) is 0 Å². The highest BCUT2D eigenvalue weighted by Gasteiger charge is 2.61. The Balaban J connectivity index is 1.40. The number of phosphoric acid groups is 1. The van der Waals surface area contributed by atoms with Crippen molar-refractivity contribution in [2.24, 2.45) is 0 Å². The van der Waals surface area contributed by atoms with Crippen LogP contribution in [0.5, 0.6) is 5.88 Å². The number of nitrogen functional groups attached to an aromatic ring is 1. The fourth-order valence-corrected chi connectivity index (χ4v) is 5.41. The molecule has 2 aromatic heterocycles. The average Bonchev–Trinajstić information content (AvgIpc) is 3.31. The molecule has 11 nitrogen and oxygen atoms in total. The first-order chi connectivity index (χ1) is 15.8. The lowest BCUT2D eigenvalue weighted by atomic mass is 9.98. The molecule has 5 atom stereocenters. The highest BCUT2D eigenvalue weighted by molar-refractivity contribution is 7.48. The lowest BCUT2D eigenvalue weighted by Crippen LogP contribution is -2.44. The van der Waals surface area contributed by atoms with E-state index in [1.54, 1.807) is 19.1 Å². The Morgan fingerprint density at radius 2 is 2.12 bits per heavy atom. The van der Waals surface area contributed by atoms with Crippen molar-refractivity contribution in [1.29, 1.82) is 0 Å². The monoisotopic (exact) mass is 479 g/mol. The van der Waals surface area contributed by atoms with Gasteiger partial charge in [0.2, 0.25) is 11.8 Å². The molecule has 0 aliphatic carbocycles. The summed E-state index contributed by atoms with van der Waals surface area (Å²) in [6.07, 6.45) is -1.87. The maximum atomic E-state index is 16.1. The zero-order valence-corrected chi connectivity index (χ0v) is 18.9. The summed E-state index contributed by atoms with van der Waals surface area (Å²) in [6, 6.07) is 9.11. The van der Waals surface area contributed by atoms with Gasteiger partial charge in [-0.15, -0.1) is 0 Å². The van der Waals surface area contributed by atoms with Crippen LogP contribution in [-0.2, 0) is 29.5 Å². The number of anilines is 1. The van der Waals surface area contributed by atoms with Crippen molar-refractivity contribution >= 4 is 24.9 Å². The number of hydrogen-bond donors (Lipinski definition) is 1. The number of aromatic nitrogens is 4. The first kappa shape index (κ1) is 22.2. The van der Waals surface area contributed by atoms with Crippen molar-refractivity contribution in [1.82, 2.24) is 19.5 Å². The first-order valence-corrected chi connectivity index (χ1v) is 11.9. The second kappa shape index (κ2) is 8.30. The predicted molar refractivity (Wildman–Crippen MR) is 114 cm³/mol. The molecule has 1 unspecified atom stereocenters. The summed E-state index contributed by atoms with van der Waals surface area (Å²) in [5, 5.41) is 0. The van der Waals surface area contributed by atoms with Crippen LogP contribution in [0.25, 0.3) is 11.2 Å². The molecule has 13 heteroatoms. The molecule has 4 heterocycles. The molecule has 0 bridgehead atoms. The lowest BCUT2D eigenvalue weighted by Gasteiger charge is -2.33. The third kappa shape index (κ3) is 3.98. The number of phosphoric ester groups is 1. The molecule has 0 amide bonds. The van der Waals surface area contributed by atoms with E-state index in [-0.39, 0.29) is 30.7 Å². The summed E-state index contributed by atoms with van der Waals surface area (Å²) in [5.74, 6) is 0.134. The first-order valence-electron chi connectivity index (χ1n) is 10.4. The minimum Gasteiger partial charge on any atom is -0.476 e. The number of imidazole rings is 1. The molecule has 2 aliphatic heterocycles. The molecule has 0 radical (unpaired) electrons. The van der Waals surface area contributed by atoms with Crippen LogP contribution in [0.15, 0.2) is 36.7 Å². The average molecular weight is 479 g/mol. The third-order valence-corrected chi connectivity index (χ3v) is 6.89. The normalized spacial score (nSPS) is 31.5. The molecular weight excluding hydrogens is 456 g/mol. The van der Waals surface area contributed by atoms with Gasteiger partial charge in [0, 0.05) is 0 Å². The van der Waals surface area contributed by atoms with Crippen molar-refractivity contribution < 1.29 is 32.0 Å². The van der Waals surface area contributed by atoms with Gasteiger partial charge in [-0.3, -0.25) is 18.1 Å². The summed E-state index contributed by atoms with van der Waals surface area (Å²) in [7, 11) is -4.02. The molecule has 0 saturated carbocycles. The number of alkyl halides is 1. The molecule has 176 valence electrons. The number of nitrogens with zero attached hydrogens (tertiary/aromatic N) is 4. The SMILES string of the molecule is CCOc1nc(N)nc2c1ncn2[C@@H]1O[C@@H]2COP(=O)(OCc3ccccc3)O[C@H]2[C@@]1(C)F. The van der Waals surface area contributed by atoms with E-state index in [9.17, 15) is 4.57 Å². The Labute approximate surface area is 188 Å². The van der Waals surface area contributed by atoms with Crippen LogP contribution >= 0.6 is 7.82 Å². The summed E-state index contributed by atoms with van der Waals surface area (Å²) in [6.45, 7) is 3.26. The van der Waals surface area contributed by atoms with E-state index >= 15 is 4.39 Å². The number of benzene rings is 1. The Morgan fingerprint density at radius 3 is 2.88 bits per heavy atom. The molecule has 2 saturated heterocycles. The number of rotatable bonds is 6. The molecule has 5 rings (SSSR count). The van der Waals surface area contributed by atoms with Crippen molar-refractivity contribution in [2.45, 2.75) is 44.6 Å². The van der Waals surface area contributed by atoms with Crippen molar-refractivity contribution in [3.8, 4) is 5.88 Å². The smallest absolute Gasteiger partial charge is 0.475 e. The van der Waals surface area contributed by atoms with Crippen LogP contribution in [0, 0.1) is 0 Å². The zero-order valence-electron chi connectivity index (χ0n) is 18.0. The van der Waals surface area contributed by atoms with Crippen molar-refractivity contribution in [3.63, 3.8) is 0 Å². The van der Waals surface area contributed by atoms with E-state index in [2.05, 4.69) is 15.0 Å². The van der Waals surface area contributed by atoms with Gasteiger partial charge in [0.15, 0.2) is 23.1 Å². The molecule has 2 fully saturated rings. The maximum absolute atomic E-state index is 16.1. The van der Waals surface area contributed by atoms with Gasteiger partial charge in [0.1, 0.15) is 12.2 Å². The lowest BCUT2D eigenvalue weighted by molar-refractivity contribution is -0.0714. The minimum absolute atomic E-state index is 0.00858. The quantitative estimate of drug-likeness (QED) is 0.526.